The van der Waals surface area contributed by atoms with E-state index in [0.717, 1.165) is 17.1 Å². The number of para-hydroxylation sites is 1. The Labute approximate surface area is 173 Å². The minimum atomic E-state index is -0.361. The number of carbonyl (C=O) groups is 1. The van der Waals surface area contributed by atoms with Gasteiger partial charge in [0, 0.05) is 12.1 Å². The van der Waals surface area contributed by atoms with Gasteiger partial charge in [-0.2, -0.15) is 0 Å². The maximum Gasteiger partial charge on any atom is 0.320 e. The average molecular weight is 397 g/mol. The fourth-order valence-electron chi connectivity index (χ4n) is 2.75. The fourth-order valence-corrected chi connectivity index (χ4v) is 2.75. The minimum Gasteiger partial charge on any atom is -0.457 e. The molecule has 0 unspecified atom stereocenters. The quantitative estimate of drug-likeness (QED) is 0.457. The van der Waals surface area contributed by atoms with E-state index in [9.17, 15) is 4.79 Å². The lowest BCUT2D eigenvalue weighted by molar-refractivity contribution is 0.253. The number of amides is 2. The van der Waals surface area contributed by atoms with Crippen molar-refractivity contribution in [3.63, 3.8) is 0 Å². The maximum atomic E-state index is 11.8. The summed E-state index contributed by atoms with van der Waals surface area (Å²) in [5, 5.41) is 5.30. The molecule has 2 aromatic carbocycles. The van der Waals surface area contributed by atoms with Gasteiger partial charge < -0.3 is 10.1 Å². The van der Waals surface area contributed by atoms with Crippen LogP contribution in [0.4, 0.5) is 10.6 Å². The van der Waals surface area contributed by atoms with Crippen LogP contribution < -0.4 is 15.4 Å². The number of pyridine rings is 1. The van der Waals surface area contributed by atoms with Gasteiger partial charge in [-0.15, -0.1) is 6.58 Å². The normalized spacial score (nSPS) is 10.4. The van der Waals surface area contributed by atoms with Crippen molar-refractivity contribution >= 4 is 23.0 Å². The number of rotatable bonds is 6. The Bertz CT molecular complexity index is 1180. The van der Waals surface area contributed by atoms with E-state index in [-0.39, 0.29) is 6.03 Å². The van der Waals surface area contributed by atoms with Gasteiger partial charge in [0.05, 0.1) is 11.9 Å². The second kappa shape index (κ2) is 8.83. The van der Waals surface area contributed by atoms with Gasteiger partial charge in [0.15, 0.2) is 5.65 Å². The van der Waals surface area contributed by atoms with Crippen LogP contribution in [0.3, 0.4) is 0 Å². The zero-order chi connectivity index (χ0) is 20.8. The summed E-state index contributed by atoms with van der Waals surface area (Å²) in [6.45, 7) is 3.93. The highest BCUT2D eigenvalue weighted by molar-refractivity contribution is 5.89. The first-order valence-corrected chi connectivity index (χ1v) is 9.34. The van der Waals surface area contributed by atoms with Gasteiger partial charge >= 0.3 is 6.03 Å². The Morgan fingerprint density at radius 2 is 1.73 bits per heavy atom. The molecule has 2 N–H and O–H groups in total. The lowest BCUT2D eigenvalue weighted by Crippen LogP contribution is -2.28. The molecule has 7 nitrogen and oxygen atoms in total. The van der Waals surface area contributed by atoms with E-state index in [1.165, 1.54) is 0 Å². The van der Waals surface area contributed by atoms with Gasteiger partial charge in [-0.1, -0.05) is 24.3 Å². The number of carbonyl (C=O) groups excluding carboxylic acids is 1. The van der Waals surface area contributed by atoms with Crippen LogP contribution in [0, 0.1) is 0 Å². The summed E-state index contributed by atoms with van der Waals surface area (Å²) < 4.78 is 5.82. The topological polar surface area (TPSA) is 89.0 Å². The first-order chi connectivity index (χ1) is 14.7. The average Bonchev–Trinajstić information content (AvgIpc) is 2.78. The van der Waals surface area contributed by atoms with Crippen LogP contribution in [0.2, 0.25) is 0 Å². The number of nitrogens with one attached hydrogen (secondary N) is 2. The van der Waals surface area contributed by atoms with Gasteiger partial charge in [-0.25, -0.2) is 14.8 Å². The summed E-state index contributed by atoms with van der Waals surface area (Å²) in [5.41, 5.74) is 2.64. The summed E-state index contributed by atoms with van der Waals surface area (Å²) >= 11 is 0. The van der Waals surface area contributed by atoms with Crippen LogP contribution in [0.25, 0.3) is 22.4 Å². The molecule has 4 rings (SSSR count). The number of aromatic nitrogens is 3. The molecule has 0 bridgehead atoms. The SMILES string of the molecule is C=CCNC(=O)Nc1ccc2ncc(-c3ccc(Oc4ccccc4)cc3)nc2n1. The van der Waals surface area contributed by atoms with Gasteiger partial charge in [0.1, 0.15) is 22.8 Å². The smallest absolute Gasteiger partial charge is 0.320 e. The number of hydrogen-bond donors (Lipinski definition) is 2. The van der Waals surface area contributed by atoms with Crippen LogP contribution >= 0.6 is 0 Å². The number of anilines is 1. The van der Waals surface area contributed by atoms with Crippen LogP contribution in [0.15, 0.2) is 85.6 Å². The second-order valence-corrected chi connectivity index (χ2v) is 6.36. The molecule has 0 atom stereocenters. The lowest BCUT2D eigenvalue weighted by Gasteiger charge is -2.08. The number of benzene rings is 2. The Morgan fingerprint density at radius 3 is 2.50 bits per heavy atom. The van der Waals surface area contributed by atoms with E-state index in [1.54, 1.807) is 24.4 Å². The Kier molecular flexibility index (Phi) is 5.61. The van der Waals surface area contributed by atoms with Crippen molar-refractivity contribution in [3.05, 3.63) is 85.6 Å². The molecule has 0 aliphatic heterocycles. The molecule has 0 fully saturated rings. The number of ether oxygens (including phenoxy) is 1. The first-order valence-electron chi connectivity index (χ1n) is 9.34. The summed E-state index contributed by atoms with van der Waals surface area (Å²) in [6.07, 6.45) is 3.29. The van der Waals surface area contributed by atoms with Gasteiger partial charge in [0.2, 0.25) is 0 Å². The Balaban J connectivity index is 1.53. The summed E-state index contributed by atoms with van der Waals surface area (Å²) in [4.78, 5) is 25.2. The van der Waals surface area contributed by atoms with E-state index >= 15 is 0 Å². The van der Waals surface area contributed by atoms with Crippen molar-refractivity contribution < 1.29 is 9.53 Å². The molecule has 0 radical (unpaired) electrons. The van der Waals surface area contributed by atoms with Crippen LogP contribution in [-0.4, -0.2) is 27.5 Å². The molecule has 2 heterocycles. The van der Waals surface area contributed by atoms with Crippen molar-refractivity contribution in [2.45, 2.75) is 0 Å². The standard InChI is InChI=1S/C23H19N5O2/c1-2-14-24-23(29)28-21-13-12-19-22(27-21)26-20(15-25-19)16-8-10-18(11-9-16)30-17-6-4-3-5-7-17/h2-13,15H,1,14H2,(H2,24,26,27,28,29). The summed E-state index contributed by atoms with van der Waals surface area (Å²) in [6, 6.07) is 20.3. The number of nitrogens with zero attached hydrogens (tertiary/aromatic N) is 3. The Hall–Kier alpha value is -4.26. The number of urea groups is 1. The number of fused-ring (bicyclic) bond motifs is 1. The highest BCUT2D eigenvalue weighted by atomic mass is 16.5. The fraction of sp³-hybridized carbons (Fsp3) is 0.0435. The molecule has 0 saturated heterocycles. The molecule has 0 aliphatic carbocycles. The van der Waals surface area contributed by atoms with Gasteiger partial charge in [0.25, 0.3) is 0 Å². The molecule has 148 valence electrons. The second-order valence-electron chi connectivity index (χ2n) is 6.36. The van der Waals surface area contributed by atoms with E-state index in [4.69, 9.17) is 4.74 Å². The molecule has 0 saturated carbocycles. The highest BCUT2D eigenvalue weighted by Crippen LogP contribution is 2.25. The predicted molar refractivity (Wildman–Crippen MR) is 117 cm³/mol. The molecule has 2 amide bonds. The number of hydrogen-bond acceptors (Lipinski definition) is 5. The van der Waals surface area contributed by atoms with Crippen molar-refractivity contribution in [3.8, 4) is 22.8 Å². The van der Waals surface area contributed by atoms with Crippen LogP contribution in [0.5, 0.6) is 11.5 Å². The van der Waals surface area contributed by atoms with Crippen molar-refractivity contribution in [2.24, 2.45) is 0 Å². The van der Waals surface area contributed by atoms with E-state index in [2.05, 4.69) is 32.2 Å². The third-order valence-electron chi connectivity index (χ3n) is 4.18. The van der Waals surface area contributed by atoms with E-state index < -0.39 is 0 Å². The molecule has 4 aromatic rings. The largest absolute Gasteiger partial charge is 0.457 e. The molecular formula is C23H19N5O2. The van der Waals surface area contributed by atoms with Crippen molar-refractivity contribution in [1.29, 1.82) is 0 Å². The van der Waals surface area contributed by atoms with Gasteiger partial charge in [-0.3, -0.25) is 10.3 Å². The zero-order valence-electron chi connectivity index (χ0n) is 16.1. The monoisotopic (exact) mass is 397 g/mol. The molecule has 2 aromatic heterocycles. The molecule has 7 heteroatoms. The Morgan fingerprint density at radius 1 is 0.967 bits per heavy atom. The van der Waals surface area contributed by atoms with Crippen molar-refractivity contribution in [2.75, 3.05) is 11.9 Å². The predicted octanol–water partition coefficient (Wildman–Crippen LogP) is 4.79. The lowest BCUT2D eigenvalue weighted by atomic mass is 10.1. The summed E-state index contributed by atoms with van der Waals surface area (Å²) in [7, 11) is 0. The van der Waals surface area contributed by atoms with E-state index in [1.807, 2.05) is 54.6 Å². The van der Waals surface area contributed by atoms with Crippen molar-refractivity contribution in [1.82, 2.24) is 20.3 Å². The molecule has 30 heavy (non-hydrogen) atoms. The molecule has 0 spiro atoms. The van der Waals surface area contributed by atoms with Crippen LogP contribution in [-0.2, 0) is 0 Å². The van der Waals surface area contributed by atoms with Crippen LogP contribution in [0.1, 0.15) is 0 Å². The summed E-state index contributed by atoms with van der Waals surface area (Å²) in [5.74, 6) is 1.90. The minimum absolute atomic E-state index is 0.361. The maximum absolute atomic E-state index is 11.8. The molecule has 0 aliphatic rings. The third-order valence-corrected chi connectivity index (χ3v) is 4.18. The zero-order valence-corrected chi connectivity index (χ0v) is 16.1. The third kappa shape index (κ3) is 4.59. The van der Waals surface area contributed by atoms with E-state index in [0.29, 0.717) is 29.2 Å². The molecular weight excluding hydrogens is 378 g/mol. The highest BCUT2D eigenvalue weighted by Gasteiger charge is 2.07. The van der Waals surface area contributed by atoms with Gasteiger partial charge in [-0.05, 0) is 48.5 Å². The first kappa shape index (κ1) is 19.1.